The highest BCUT2D eigenvalue weighted by Crippen LogP contribution is 2.24. The molecule has 0 unspecified atom stereocenters. The first kappa shape index (κ1) is 19.4. The standard InChI is InChI=1S/C19H19BrN4O2S/c1-13-7-8-16(15(20)11-13)21-17(25)12-27-19-23-22-18(26)24(19)10-9-14-5-3-2-4-6-14/h2-8,11H,9-10,12H2,1H3,(H,21,25)(H,22,26). The van der Waals surface area contributed by atoms with Crippen molar-refractivity contribution in [2.45, 2.75) is 25.0 Å². The Morgan fingerprint density at radius 2 is 2.04 bits per heavy atom. The van der Waals surface area contributed by atoms with Crippen LogP contribution in [-0.4, -0.2) is 26.4 Å². The van der Waals surface area contributed by atoms with E-state index in [2.05, 4.69) is 31.4 Å². The molecule has 6 nitrogen and oxygen atoms in total. The van der Waals surface area contributed by atoms with E-state index >= 15 is 0 Å². The van der Waals surface area contributed by atoms with Gasteiger partial charge in [0.2, 0.25) is 5.91 Å². The molecule has 1 amide bonds. The minimum atomic E-state index is -0.268. The highest BCUT2D eigenvalue weighted by Gasteiger charge is 2.12. The van der Waals surface area contributed by atoms with Gasteiger partial charge in [0, 0.05) is 11.0 Å². The van der Waals surface area contributed by atoms with E-state index in [1.807, 2.05) is 55.5 Å². The summed E-state index contributed by atoms with van der Waals surface area (Å²) in [4.78, 5) is 24.2. The van der Waals surface area contributed by atoms with Crippen molar-refractivity contribution in [2.75, 3.05) is 11.1 Å². The third-order valence-electron chi connectivity index (χ3n) is 3.92. The van der Waals surface area contributed by atoms with Crippen molar-refractivity contribution in [1.29, 1.82) is 0 Å². The molecule has 0 radical (unpaired) electrons. The Kier molecular flexibility index (Phi) is 6.52. The van der Waals surface area contributed by atoms with Crippen molar-refractivity contribution in [3.05, 3.63) is 74.6 Å². The molecular formula is C19H19BrN4O2S. The van der Waals surface area contributed by atoms with Crippen LogP contribution >= 0.6 is 27.7 Å². The number of carbonyl (C=O) groups is 1. The summed E-state index contributed by atoms with van der Waals surface area (Å²) in [5.41, 5.74) is 2.70. The normalized spacial score (nSPS) is 10.7. The molecule has 1 aromatic heterocycles. The molecule has 0 aliphatic rings. The van der Waals surface area contributed by atoms with E-state index < -0.39 is 0 Å². The molecule has 0 saturated carbocycles. The van der Waals surface area contributed by atoms with Crippen LogP contribution in [0, 0.1) is 6.92 Å². The van der Waals surface area contributed by atoms with Crippen molar-refractivity contribution in [2.24, 2.45) is 0 Å². The van der Waals surface area contributed by atoms with Gasteiger partial charge in [-0.05, 0) is 52.5 Å². The van der Waals surface area contributed by atoms with Crippen LogP contribution in [-0.2, 0) is 17.8 Å². The van der Waals surface area contributed by atoms with Gasteiger partial charge in [-0.2, -0.15) is 0 Å². The summed E-state index contributed by atoms with van der Waals surface area (Å²) in [6.45, 7) is 2.49. The second-order valence-electron chi connectivity index (χ2n) is 6.02. The molecule has 140 valence electrons. The number of amides is 1. The summed E-state index contributed by atoms with van der Waals surface area (Å²) in [6, 6.07) is 15.7. The number of nitrogens with zero attached hydrogens (tertiary/aromatic N) is 2. The average molecular weight is 447 g/mol. The van der Waals surface area contributed by atoms with Gasteiger partial charge < -0.3 is 5.32 Å². The van der Waals surface area contributed by atoms with Crippen molar-refractivity contribution in [3.63, 3.8) is 0 Å². The molecule has 0 fully saturated rings. The fraction of sp³-hybridized carbons (Fsp3) is 0.211. The van der Waals surface area contributed by atoms with Crippen molar-refractivity contribution < 1.29 is 4.79 Å². The molecule has 0 atom stereocenters. The number of thioether (sulfide) groups is 1. The molecule has 0 aliphatic heterocycles. The van der Waals surface area contributed by atoms with Crippen LogP contribution in [0.3, 0.4) is 0 Å². The lowest BCUT2D eigenvalue weighted by molar-refractivity contribution is -0.113. The van der Waals surface area contributed by atoms with Gasteiger partial charge >= 0.3 is 5.69 Å². The number of aromatic nitrogens is 3. The molecule has 2 N–H and O–H groups in total. The number of hydrogen-bond donors (Lipinski definition) is 2. The predicted octanol–water partition coefficient (Wildman–Crippen LogP) is 3.62. The number of nitrogens with one attached hydrogen (secondary N) is 2. The first-order valence-electron chi connectivity index (χ1n) is 8.41. The Morgan fingerprint density at radius 3 is 2.78 bits per heavy atom. The lowest BCUT2D eigenvalue weighted by atomic mass is 10.1. The largest absolute Gasteiger partial charge is 0.343 e. The van der Waals surface area contributed by atoms with E-state index in [0.29, 0.717) is 11.7 Å². The molecular weight excluding hydrogens is 428 g/mol. The highest BCUT2D eigenvalue weighted by molar-refractivity contribution is 9.10. The molecule has 2 aromatic carbocycles. The number of anilines is 1. The van der Waals surface area contributed by atoms with Gasteiger partial charge in [-0.1, -0.05) is 48.2 Å². The summed E-state index contributed by atoms with van der Waals surface area (Å²) in [5, 5.41) is 9.86. The monoisotopic (exact) mass is 446 g/mol. The van der Waals surface area contributed by atoms with Crippen molar-refractivity contribution in [1.82, 2.24) is 14.8 Å². The van der Waals surface area contributed by atoms with Gasteiger partial charge in [0.1, 0.15) is 0 Å². The third kappa shape index (κ3) is 5.33. The maximum Gasteiger partial charge on any atom is 0.343 e. The van der Waals surface area contributed by atoms with E-state index in [0.717, 1.165) is 27.7 Å². The fourth-order valence-corrected chi connectivity index (χ4v) is 3.90. The zero-order chi connectivity index (χ0) is 19.2. The molecule has 0 spiro atoms. The molecule has 27 heavy (non-hydrogen) atoms. The van der Waals surface area contributed by atoms with Gasteiger partial charge in [-0.15, -0.1) is 5.10 Å². The Morgan fingerprint density at radius 1 is 1.26 bits per heavy atom. The first-order chi connectivity index (χ1) is 13.0. The van der Waals surface area contributed by atoms with Gasteiger partial charge in [-0.25, -0.2) is 9.89 Å². The van der Waals surface area contributed by atoms with Gasteiger partial charge in [0.25, 0.3) is 0 Å². The molecule has 3 aromatic rings. The summed E-state index contributed by atoms with van der Waals surface area (Å²) in [6.07, 6.45) is 0.719. The fourth-order valence-electron chi connectivity index (χ4n) is 2.53. The molecule has 1 heterocycles. The van der Waals surface area contributed by atoms with E-state index in [-0.39, 0.29) is 17.3 Å². The van der Waals surface area contributed by atoms with Crippen LogP contribution < -0.4 is 11.0 Å². The van der Waals surface area contributed by atoms with Crippen LogP contribution in [0.4, 0.5) is 5.69 Å². The molecule has 0 bridgehead atoms. The van der Waals surface area contributed by atoms with Crippen LogP contribution in [0.15, 0.2) is 63.0 Å². The van der Waals surface area contributed by atoms with E-state index in [1.54, 1.807) is 4.57 Å². The number of carbonyl (C=O) groups excluding carboxylic acids is 1. The SMILES string of the molecule is Cc1ccc(NC(=O)CSc2n[nH]c(=O)n2CCc2ccccc2)c(Br)c1. The number of hydrogen-bond acceptors (Lipinski definition) is 4. The third-order valence-corrected chi connectivity index (χ3v) is 5.55. The summed E-state index contributed by atoms with van der Waals surface area (Å²) in [7, 11) is 0. The minimum Gasteiger partial charge on any atom is -0.324 e. The summed E-state index contributed by atoms with van der Waals surface area (Å²) in [5.74, 6) is 0.00488. The number of aryl methyl sites for hydroxylation is 2. The van der Waals surface area contributed by atoms with Crippen LogP contribution in [0.25, 0.3) is 0 Å². The van der Waals surface area contributed by atoms with Gasteiger partial charge in [0.15, 0.2) is 5.16 Å². The van der Waals surface area contributed by atoms with E-state index in [9.17, 15) is 9.59 Å². The molecule has 0 aliphatic carbocycles. The first-order valence-corrected chi connectivity index (χ1v) is 10.2. The van der Waals surface area contributed by atoms with Crippen LogP contribution in [0.1, 0.15) is 11.1 Å². The molecule has 3 rings (SSSR count). The predicted molar refractivity (Wildman–Crippen MR) is 111 cm³/mol. The van der Waals surface area contributed by atoms with Crippen molar-refractivity contribution >= 4 is 39.3 Å². The number of aromatic amines is 1. The maximum atomic E-state index is 12.2. The van der Waals surface area contributed by atoms with Crippen LogP contribution in [0.2, 0.25) is 0 Å². The smallest absolute Gasteiger partial charge is 0.324 e. The maximum absolute atomic E-state index is 12.2. The highest BCUT2D eigenvalue weighted by atomic mass is 79.9. The van der Waals surface area contributed by atoms with Crippen molar-refractivity contribution in [3.8, 4) is 0 Å². The Balaban J connectivity index is 1.59. The average Bonchev–Trinajstić information content (AvgIpc) is 3.01. The van der Waals surface area contributed by atoms with Gasteiger partial charge in [-0.3, -0.25) is 9.36 Å². The zero-order valence-corrected chi connectivity index (χ0v) is 17.1. The second-order valence-corrected chi connectivity index (χ2v) is 7.82. The Hall–Kier alpha value is -2.32. The van der Waals surface area contributed by atoms with Gasteiger partial charge in [0.05, 0.1) is 11.4 Å². The molecule has 8 heteroatoms. The second kappa shape index (κ2) is 9.05. The Labute approximate surface area is 169 Å². The lowest BCUT2D eigenvalue weighted by Crippen LogP contribution is -2.20. The number of rotatable bonds is 7. The van der Waals surface area contributed by atoms with E-state index in [4.69, 9.17) is 0 Å². The van der Waals surface area contributed by atoms with E-state index in [1.165, 1.54) is 11.8 Å². The summed E-state index contributed by atoms with van der Waals surface area (Å²) >= 11 is 4.68. The topological polar surface area (TPSA) is 79.8 Å². The van der Waals surface area contributed by atoms with Crippen LogP contribution in [0.5, 0.6) is 0 Å². The number of H-pyrrole nitrogens is 1. The lowest BCUT2D eigenvalue weighted by Gasteiger charge is -2.08. The number of benzene rings is 2. The Bertz CT molecular complexity index is 985. The summed E-state index contributed by atoms with van der Waals surface area (Å²) < 4.78 is 2.40. The number of halogens is 1. The molecule has 0 saturated heterocycles. The zero-order valence-electron chi connectivity index (χ0n) is 14.7. The quantitative estimate of drug-likeness (QED) is 0.543. The minimum absolute atomic E-state index is 0.158.